The first-order valence-corrected chi connectivity index (χ1v) is 5.44. The van der Waals surface area contributed by atoms with Gasteiger partial charge in [-0.15, -0.1) is 0 Å². The minimum atomic E-state index is -0.513. The quantitative estimate of drug-likeness (QED) is 0.624. The lowest BCUT2D eigenvalue weighted by Gasteiger charge is -2.15. The average Bonchev–Trinajstić information content (AvgIpc) is 2.60. The van der Waals surface area contributed by atoms with E-state index in [1.54, 1.807) is 0 Å². The number of rotatable bonds is 2. The van der Waals surface area contributed by atoms with Gasteiger partial charge >= 0.3 is 0 Å². The molecule has 1 atom stereocenters. The van der Waals surface area contributed by atoms with E-state index in [-0.39, 0.29) is 17.5 Å². The van der Waals surface area contributed by atoms with E-state index in [2.05, 4.69) is 22.6 Å². The van der Waals surface area contributed by atoms with E-state index in [1.807, 2.05) is 0 Å². The maximum atomic E-state index is 11.6. The fourth-order valence-electron chi connectivity index (χ4n) is 1.75. The zero-order valence-corrected chi connectivity index (χ0v) is 9.28. The van der Waals surface area contributed by atoms with Crippen molar-refractivity contribution in [3.8, 4) is 5.88 Å². The number of anilines is 1. The van der Waals surface area contributed by atoms with Crippen molar-refractivity contribution in [2.45, 2.75) is 6.42 Å². The van der Waals surface area contributed by atoms with Gasteiger partial charge in [-0.3, -0.25) is 9.59 Å². The Hall–Kier alpha value is -1.50. The van der Waals surface area contributed by atoms with Crippen LogP contribution in [-0.2, 0) is 4.79 Å². The third kappa shape index (κ3) is 1.78. The third-order valence-electron chi connectivity index (χ3n) is 2.54. The van der Waals surface area contributed by atoms with E-state index in [9.17, 15) is 14.7 Å². The van der Waals surface area contributed by atoms with Crippen molar-refractivity contribution in [3.63, 3.8) is 0 Å². The SMILES string of the molecule is O=C1CC(CS)CN1c1c(O)nc[nH]c1=O. The van der Waals surface area contributed by atoms with Gasteiger partial charge in [-0.2, -0.15) is 12.6 Å². The Morgan fingerprint density at radius 1 is 1.62 bits per heavy atom. The first-order valence-electron chi connectivity index (χ1n) is 4.81. The first-order chi connectivity index (χ1) is 7.63. The summed E-state index contributed by atoms with van der Waals surface area (Å²) in [6.45, 7) is 0.394. The number of thiol groups is 1. The maximum absolute atomic E-state index is 11.6. The molecule has 1 aliphatic rings. The van der Waals surface area contributed by atoms with Crippen LogP contribution >= 0.6 is 12.6 Å². The number of aromatic nitrogens is 2. The second-order valence-corrected chi connectivity index (χ2v) is 4.03. The Bertz CT molecular complexity index is 473. The summed E-state index contributed by atoms with van der Waals surface area (Å²) in [4.78, 5) is 30.3. The zero-order valence-electron chi connectivity index (χ0n) is 8.38. The van der Waals surface area contributed by atoms with Gasteiger partial charge in [0, 0.05) is 13.0 Å². The predicted octanol–water partition coefficient (Wildman–Crippen LogP) is -0.242. The van der Waals surface area contributed by atoms with Crippen LogP contribution in [0.2, 0.25) is 0 Å². The Balaban J connectivity index is 2.39. The smallest absolute Gasteiger partial charge is 0.278 e. The number of aromatic hydroxyl groups is 1. The Kier molecular flexibility index (Phi) is 2.86. The molecule has 2 N–H and O–H groups in total. The highest BCUT2D eigenvalue weighted by molar-refractivity contribution is 7.80. The van der Waals surface area contributed by atoms with E-state index in [4.69, 9.17) is 0 Å². The summed E-state index contributed by atoms with van der Waals surface area (Å²) in [5.41, 5.74) is -0.586. The second kappa shape index (κ2) is 4.17. The minimum absolute atomic E-state index is 0.0724. The minimum Gasteiger partial charge on any atom is -0.492 e. The van der Waals surface area contributed by atoms with Gasteiger partial charge < -0.3 is 15.0 Å². The molecular weight excluding hydrogens is 230 g/mol. The van der Waals surface area contributed by atoms with Crippen molar-refractivity contribution in [3.05, 3.63) is 16.7 Å². The second-order valence-electron chi connectivity index (χ2n) is 3.66. The summed E-state index contributed by atoms with van der Waals surface area (Å²) in [6.07, 6.45) is 1.44. The molecule has 1 amide bonds. The Labute approximate surface area is 96.7 Å². The van der Waals surface area contributed by atoms with Crippen LogP contribution in [0.3, 0.4) is 0 Å². The van der Waals surface area contributed by atoms with Crippen LogP contribution in [-0.4, -0.2) is 33.3 Å². The summed E-state index contributed by atoms with van der Waals surface area (Å²) >= 11 is 4.12. The number of aromatic amines is 1. The van der Waals surface area contributed by atoms with Crippen LogP contribution in [0.25, 0.3) is 0 Å². The van der Waals surface area contributed by atoms with Crippen molar-refractivity contribution in [2.24, 2.45) is 5.92 Å². The van der Waals surface area contributed by atoms with Crippen LogP contribution in [0.5, 0.6) is 5.88 Å². The van der Waals surface area contributed by atoms with Crippen LogP contribution in [0.1, 0.15) is 6.42 Å². The predicted molar refractivity (Wildman–Crippen MR) is 60.8 cm³/mol. The molecule has 0 radical (unpaired) electrons. The number of hydrogen-bond donors (Lipinski definition) is 3. The van der Waals surface area contributed by atoms with Gasteiger partial charge in [0.15, 0.2) is 5.69 Å². The van der Waals surface area contributed by atoms with Crippen LogP contribution in [0, 0.1) is 5.92 Å². The van der Waals surface area contributed by atoms with E-state index < -0.39 is 11.4 Å². The molecule has 0 aliphatic carbocycles. The normalized spacial score (nSPS) is 20.4. The first kappa shape index (κ1) is 11.0. The van der Waals surface area contributed by atoms with Gasteiger partial charge in [-0.1, -0.05) is 0 Å². The molecule has 86 valence electrons. The van der Waals surface area contributed by atoms with Gasteiger partial charge in [0.25, 0.3) is 5.56 Å². The number of nitrogens with zero attached hydrogens (tertiary/aromatic N) is 2. The molecule has 1 aromatic rings. The summed E-state index contributed by atoms with van der Waals surface area (Å²) < 4.78 is 0. The summed E-state index contributed by atoms with van der Waals surface area (Å²) in [6, 6.07) is 0. The molecule has 0 spiro atoms. The molecule has 0 aromatic carbocycles. The molecule has 0 bridgehead atoms. The van der Waals surface area contributed by atoms with Gasteiger partial charge in [0.2, 0.25) is 11.8 Å². The Morgan fingerprint density at radius 2 is 2.38 bits per heavy atom. The molecule has 1 aliphatic heterocycles. The van der Waals surface area contributed by atoms with E-state index in [1.165, 1.54) is 4.90 Å². The highest BCUT2D eigenvalue weighted by Crippen LogP contribution is 2.27. The van der Waals surface area contributed by atoms with Crippen LogP contribution in [0.15, 0.2) is 11.1 Å². The lowest BCUT2D eigenvalue weighted by Crippen LogP contribution is -2.30. The number of hydrogen-bond acceptors (Lipinski definition) is 5. The molecule has 7 heteroatoms. The highest BCUT2D eigenvalue weighted by Gasteiger charge is 2.33. The standard InChI is InChI=1S/C9H11N3O3S/c13-6-1-5(3-16)2-12(6)7-8(14)10-4-11-9(7)15/h4-5,16H,1-3H2,(H2,10,11,14,15). The van der Waals surface area contributed by atoms with Crippen molar-refractivity contribution in [2.75, 3.05) is 17.2 Å². The molecular formula is C9H11N3O3S. The third-order valence-corrected chi connectivity index (χ3v) is 3.06. The molecule has 16 heavy (non-hydrogen) atoms. The van der Waals surface area contributed by atoms with E-state index in [0.29, 0.717) is 18.7 Å². The maximum Gasteiger partial charge on any atom is 0.278 e. The van der Waals surface area contributed by atoms with Crippen molar-refractivity contribution in [1.82, 2.24) is 9.97 Å². The highest BCUT2D eigenvalue weighted by atomic mass is 32.1. The van der Waals surface area contributed by atoms with Crippen LogP contribution in [0.4, 0.5) is 5.69 Å². The van der Waals surface area contributed by atoms with E-state index in [0.717, 1.165) is 6.33 Å². The average molecular weight is 241 g/mol. The topological polar surface area (TPSA) is 86.3 Å². The molecule has 6 nitrogen and oxygen atoms in total. The number of carbonyl (C=O) groups excluding carboxylic acids is 1. The molecule has 2 rings (SSSR count). The van der Waals surface area contributed by atoms with Gasteiger partial charge in [0.1, 0.15) is 0 Å². The van der Waals surface area contributed by atoms with Crippen molar-refractivity contribution >= 4 is 24.2 Å². The van der Waals surface area contributed by atoms with Crippen molar-refractivity contribution in [1.29, 1.82) is 0 Å². The summed E-state index contributed by atoms with van der Waals surface area (Å²) in [7, 11) is 0. The zero-order chi connectivity index (χ0) is 11.7. The lowest BCUT2D eigenvalue weighted by molar-refractivity contribution is -0.117. The number of nitrogens with one attached hydrogen (secondary N) is 1. The number of H-pyrrole nitrogens is 1. The molecule has 1 saturated heterocycles. The lowest BCUT2D eigenvalue weighted by atomic mass is 10.1. The fraction of sp³-hybridized carbons (Fsp3) is 0.444. The van der Waals surface area contributed by atoms with Gasteiger partial charge in [-0.25, -0.2) is 4.98 Å². The summed E-state index contributed by atoms with van der Waals surface area (Å²) in [5, 5.41) is 9.48. The van der Waals surface area contributed by atoms with Crippen LogP contribution < -0.4 is 10.5 Å². The fourth-order valence-corrected chi connectivity index (χ4v) is 1.99. The molecule has 0 saturated carbocycles. The van der Waals surface area contributed by atoms with Crippen molar-refractivity contribution < 1.29 is 9.90 Å². The molecule has 2 heterocycles. The monoisotopic (exact) mass is 241 g/mol. The molecule has 1 unspecified atom stereocenters. The molecule has 1 aromatic heterocycles. The van der Waals surface area contributed by atoms with Gasteiger partial charge in [0.05, 0.1) is 6.33 Å². The number of amides is 1. The van der Waals surface area contributed by atoms with E-state index >= 15 is 0 Å². The number of carbonyl (C=O) groups is 1. The summed E-state index contributed by atoms with van der Waals surface area (Å²) in [5.74, 6) is 0.0702. The van der Waals surface area contributed by atoms with Gasteiger partial charge in [-0.05, 0) is 11.7 Å². The molecule has 1 fully saturated rings. The Morgan fingerprint density at radius 3 is 2.94 bits per heavy atom. The largest absolute Gasteiger partial charge is 0.492 e.